The average molecular weight is 366 g/mol. The van der Waals surface area contributed by atoms with Gasteiger partial charge in [-0.2, -0.15) is 0 Å². The Hall–Kier alpha value is -2.22. The zero-order valence-electron chi connectivity index (χ0n) is 15.0. The summed E-state index contributed by atoms with van der Waals surface area (Å²) >= 11 is 1.11. The maximum absolute atomic E-state index is 12.7. The fourth-order valence-corrected chi connectivity index (χ4v) is 3.20. The molecule has 0 saturated heterocycles. The number of aryl methyl sites for hydroxylation is 1. The predicted octanol–water partition coefficient (Wildman–Crippen LogP) is 2.53. The molecular formula is C17H22N2O5S. The number of carbonyl (C=O) groups is 2. The van der Waals surface area contributed by atoms with Gasteiger partial charge in [0.15, 0.2) is 0 Å². The lowest BCUT2D eigenvalue weighted by Gasteiger charge is -2.08. The SMILES string of the molecule is Cc1c(C(=O)OC(C)C)sc2ncn(CC(=O)OCC(C)C)c(=O)c12. The summed E-state index contributed by atoms with van der Waals surface area (Å²) in [5.41, 5.74) is 0.150. The quantitative estimate of drug-likeness (QED) is 0.730. The number of fused-ring (bicyclic) bond motifs is 1. The van der Waals surface area contributed by atoms with E-state index in [1.54, 1.807) is 20.8 Å². The number of hydrogen-bond acceptors (Lipinski definition) is 7. The monoisotopic (exact) mass is 366 g/mol. The number of hydrogen-bond donors (Lipinski definition) is 0. The molecule has 0 atom stereocenters. The van der Waals surface area contributed by atoms with Gasteiger partial charge < -0.3 is 9.47 Å². The fourth-order valence-electron chi connectivity index (χ4n) is 2.18. The first-order valence-corrected chi connectivity index (χ1v) is 8.87. The van der Waals surface area contributed by atoms with Crippen LogP contribution >= 0.6 is 11.3 Å². The molecule has 0 saturated carbocycles. The first-order valence-electron chi connectivity index (χ1n) is 8.05. The molecule has 0 unspecified atom stereocenters. The second-order valence-electron chi connectivity index (χ2n) is 6.44. The van der Waals surface area contributed by atoms with E-state index in [4.69, 9.17) is 9.47 Å². The van der Waals surface area contributed by atoms with Crippen LogP contribution in [0.1, 0.15) is 42.9 Å². The van der Waals surface area contributed by atoms with E-state index in [0.29, 0.717) is 27.3 Å². The zero-order valence-corrected chi connectivity index (χ0v) is 15.8. The minimum absolute atomic E-state index is 0.213. The van der Waals surface area contributed by atoms with Gasteiger partial charge in [0.25, 0.3) is 5.56 Å². The van der Waals surface area contributed by atoms with Crippen LogP contribution in [0.15, 0.2) is 11.1 Å². The van der Waals surface area contributed by atoms with Crippen LogP contribution in [0.2, 0.25) is 0 Å². The summed E-state index contributed by atoms with van der Waals surface area (Å²) in [4.78, 5) is 41.6. The summed E-state index contributed by atoms with van der Waals surface area (Å²) in [7, 11) is 0. The largest absolute Gasteiger partial charge is 0.464 e. The zero-order chi connectivity index (χ0) is 18.7. The summed E-state index contributed by atoms with van der Waals surface area (Å²) < 4.78 is 11.5. The minimum Gasteiger partial charge on any atom is -0.464 e. The van der Waals surface area contributed by atoms with Crippen LogP contribution in [0, 0.1) is 12.8 Å². The van der Waals surface area contributed by atoms with Crippen molar-refractivity contribution >= 4 is 33.5 Å². The van der Waals surface area contributed by atoms with Gasteiger partial charge in [0.1, 0.15) is 16.3 Å². The molecule has 136 valence electrons. The number of rotatable bonds is 6. The second-order valence-corrected chi connectivity index (χ2v) is 7.44. The Bertz CT molecular complexity index is 851. The standard InChI is InChI=1S/C17H22N2O5S/c1-9(2)7-23-12(20)6-19-8-18-15-13(16(19)21)11(5)14(25-15)17(22)24-10(3)4/h8-10H,6-7H2,1-5H3. The van der Waals surface area contributed by atoms with Crippen molar-refractivity contribution in [1.29, 1.82) is 0 Å². The van der Waals surface area contributed by atoms with Gasteiger partial charge in [-0.3, -0.25) is 14.2 Å². The van der Waals surface area contributed by atoms with Crippen LogP contribution in [-0.2, 0) is 20.8 Å². The Balaban J connectivity index is 2.33. The van der Waals surface area contributed by atoms with Gasteiger partial charge in [-0.05, 0) is 32.3 Å². The molecule has 25 heavy (non-hydrogen) atoms. The van der Waals surface area contributed by atoms with Crippen LogP contribution in [0.3, 0.4) is 0 Å². The van der Waals surface area contributed by atoms with Crippen molar-refractivity contribution in [3.63, 3.8) is 0 Å². The average Bonchev–Trinajstić information content (AvgIpc) is 2.85. The van der Waals surface area contributed by atoms with E-state index in [1.807, 2.05) is 13.8 Å². The number of ether oxygens (including phenoxy) is 2. The molecule has 2 rings (SSSR count). The van der Waals surface area contributed by atoms with Crippen molar-refractivity contribution < 1.29 is 19.1 Å². The van der Waals surface area contributed by atoms with E-state index >= 15 is 0 Å². The Morgan fingerprint density at radius 2 is 1.96 bits per heavy atom. The number of thiophene rings is 1. The highest BCUT2D eigenvalue weighted by atomic mass is 32.1. The van der Waals surface area contributed by atoms with E-state index in [9.17, 15) is 14.4 Å². The number of aromatic nitrogens is 2. The maximum atomic E-state index is 12.7. The molecule has 0 amide bonds. The van der Waals surface area contributed by atoms with Crippen molar-refractivity contribution in [3.05, 3.63) is 27.1 Å². The highest BCUT2D eigenvalue weighted by Gasteiger charge is 2.21. The Labute approximate surface area is 149 Å². The summed E-state index contributed by atoms with van der Waals surface area (Å²) in [6.45, 7) is 9.14. The third kappa shape index (κ3) is 4.45. The molecule has 0 bridgehead atoms. The molecule has 0 aliphatic heterocycles. The van der Waals surface area contributed by atoms with E-state index < -0.39 is 11.9 Å². The van der Waals surface area contributed by atoms with Crippen LogP contribution in [0.5, 0.6) is 0 Å². The van der Waals surface area contributed by atoms with E-state index in [-0.39, 0.29) is 24.1 Å². The molecule has 8 heteroatoms. The minimum atomic E-state index is -0.496. The predicted molar refractivity (Wildman–Crippen MR) is 95.0 cm³/mol. The first-order chi connectivity index (χ1) is 11.7. The van der Waals surface area contributed by atoms with Crippen molar-refractivity contribution in [2.24, 2.45) is 5.92 Å². The van der Waals surface area contributed by atoms with Gasteiger partial charge >= 0.3 is 11.9 Å². The summed E-state index contributed by atoms with van der Waals surface area (Å²) in [5.74, 6) is -0.753. The van der Waals surface area contributed by atoms with Crippen LogP contribution in [0.4, 0.5) is 0 Å². The lowest BCUT2D eigenvalue weighted by molar-refractivity contribution is -0.145. The fraction of sp³-hybridized carbons (Fsp3) is 0.529. The van der Waals surface area contributed by atoms with E-state index in [0.717, 1.165) is 11.3 Å². The van der Waals surface area contributed by atoms with Gasteiger partial charge in [-0.25, -0.2) is 9.78 Å². The molecule has 0 aliphatic carbocycles. The number of carbonyl (C=O) groups excluding carboxylic acids is 2. The molecule has 0 spiro atoms. The summed E-state index contributed by atoms with van der Waals surface area (Å²) in [5, 5.41) is 0.333. The molecule has 0 aromatic carbocycles. The first kappa shape index (κ1) is 19.1. The maximum Gasteiger partial charge on any atom is 0.348 e. The van der Waals surface area contributed by atoms with Crippen molar-refractivity contribution in [3.8, 4) is 0 Å². The second kappa shape index (κ2) is 7.77. The van der Waals surface area contributed by atoms with Gasteiger partial charge in [0.05, 0.1) is 24.4 Å². The lowest BCUT2D eigenvalue weighted by atomic mass is 10.2. The summed E-state index contributed by atoms with van der Waals surface area (Å²) in [6.07, 6.45) is 1.05. The molecule has 0 N–H and O–H groups in total. The third-order valence-corrected chi connectivity index (χ3v) is 4.50. The molecular weight excluding hydrogens is 344 g/mol. The van der Waals surface area contributed by atoms with Gasteiger partial charge in [0.2, 0.25) is 0 Å². The molecule has 2 aromatic rings. The lowest BCUT2D eigenvalue weighted by Crippen LogP contribution is -2.26. The molecule has 0 radical (unpaired) electrons. The molecule has 7 nitrogen and oxygen atoms in total. The molecule has 2 heterocycles. The van der Waals surface area contributed by atoms with Gasteiger partial charge in [-0.1, -0.05) is 13.8 Å². The Morgan fingerprint density at radius 1 is 1.28 bits per heavy atom. The highest BCUT2D eigenvalue weighted by Crippen LogP contribution is 2.27. The van der Waals surface area contributed by atoms with Crippen LogP contribution < -0.4 is 5.56 Å². The van der Waals surface area contributed by atoms with Crippen molar-refractivity contribution in [1.82, 2.24) is 9.55 Å². The Morgan fingerprint density at radius 3 is 2.56 bits per heavy atom. The van der Waals surface area contributed by atoms with Gasteiger partial charge in [0, 0.05) is 0 Å². The molecule has 2 aromatic heterocycles. The Kier molecular flexibility index (Phi) is 5.94. The van der Waals surface area contributed by atoms with Crippen LogP contribution in [0.25, 0.3) is 10.2 Å². The number of esters is 2. The topological polar surface area (TPSA) is 87.5 Å². The van der Waals surface area contributed by atoms with E-state index in [2.05, 4.69) is 4.98 Å². The van der Waals surface area contributed by atoms with Crippen molar-refractivity contribution in [2.75, 3.05) is 6.61 Å². The van der Waals surface area contributed by atoms with Crippen molar-refractivity contribution in [2.45, 2.75) is 47.3 Å². The third-order valence-electron chi connectivity index (χ3n) is 3.32. The smallest absolute Gasteiger partial charge is 0.348 e. The normalized spacial score (nSPS) is 11.3. The molecule has 0 fully saturated rings. The van der Waals surface area contributed by atoms with Gasteiger partial charge in [-0.15, -0.1) is 11.3 Å². The summed E-state index contributed by atoms with van der Waals surface area (Å²) in [6, 6.07) is 0. The molecule has 0 aliphatic rings. The number of nitrogens with zero attached hydrogens (tertiary/aromatic N) is 2. The van der Waals surface area contributed by atoms with E-state index in [1.165, 1.54) is 10.9 Å². The highest BCUT2D eigenvalue weighted by molar-refractivity contribution is 7.20. The van der Waals surface area contributed by atoms with Crippen LogP contribution in [-0.4, -0.2) is 34.2 Å².